The fourth-order valence-corrected chi connectivity index (χ4v) is 6.32. The van der Waals surface area contributed by atoms with E-state index in [9.17, 15) is 31.2 Å². The topological polar surface area (TPSA) is 86.8 Å². The van der Waals surface area contributed by atoms with Crippen molar-refractivity contribution in [1.82, 2.24) is 10.2 Å². The summed E-state index contributed by atoms with van der Waals surface area (Å²) < 4.78 is 65.5. The van der Waals surface area contributed by atoms with E-state index in [0.29, 0.717) is 15.6 Å². The van der Waals surface area contributed by atoms with Crippen molar-refractivity contribution < 1.29 is 31.2 Å². The molecule has 0 aliphatic heterocycles. The first kappa shape index (κ1) is 33.0. The average Bonchev–Trinajstić information content (AvgIpc) is 2.90. The van der Waals surface area contributed by atoms with Gasteiger partial charge in [0, 0.05) is 41.2 Å². The zero-order chi connectivity index (χ0) is 30.4. The van der Waals surface area contributed by atoms with Crippen LogP contribution in [0.15, 0.2) is 42.5 Å². The largest absolute Gasteiger partial charge is 0.416 e. The summed E-state index contributed by atoms with van der Waals surface area (Å²) in [5, 5.41) is 3.67. The highest BCUT2D eigenvalue weighted by molar-refractivity contribution is 7.92. The molecule has 1 aliphatic carbocycles. The number of nitrogens with one attached hydrogen (secondary N) is 1. The smallest absolute Gasteiger partial charge is 0.352 e. The van der Waals surface area contributed by atoms with Crippen LogP contribution in [0.1, 0.15) is 63.0 Å². The van der Waals surface area contributed by atoms with E-state index in [1.165, 1.54) is 11.0 Å². The lowest BCUT2D eigenvalue weighted by molar-refractivity contribution is -0.141. The number of carbonyl (C=O) groups excluding carboxylic acids is 2. The Morgan fingerprint density at radius 2 is 1.66 bits per heavy atom. The van der Waals surface area contributed by atoms with Crippen molar-refractivity contribution in [3.63, 3.8) is 0 Å². The van der Waals surface area contributed by atoms with Crippen molar-refractivity contribution >= 4 is 50.7 Å². The van der Waals surface area contributed by atoms with Crippen LogP contribution >= 0.6 is 23.2 Å². The Kier molecular flexibility index (Phi) is 11.4. The highest BCUT2D eigenvalue weighted by atomic mass is 35.5. The molecule has 2 aromatic rings. The predicted octanol–water partition coefficient (Wildman–Crippen LogP) is 6.42. The Morgan fingerprint density at radius 3 is 2.24 bits per heavy atom. The number of halogens is 5. The van der Waals surface area contributed by atoms with Gasteiger partial charge in [-0.2, -0.15) is 13.2 Å². The summed E-state index contributed by atoms with van der Waals surface area (Å²) in [6, 6.07) is 8.05. The van der Waals surface area contributed by atoms with Crippen molar-refractivity contribution in [1.29, 1.82) is 0 Å². The molecule has 1 saturated carbocycles. The third-order valence-electron chi connectivity index (χ3n) is 7.12. The minimum Gasteiger partial charge on any atom is -0.352 e. The SMILES string of the molecule is C[C@@H](C(=O)NC1CCCCC1)N(Cc1c(Cl)cccc1Cl)C(=O)CCCN(c1cccc(C(F)(F)F)c1)S(C)(=O)=O. The monoisotopic (exact) mass is 635 g/mol. The fourth-order valence-electron chi connectivity index (χ4n) is 4.85. The molecule has 0 heterocycles. The number of hydrogen-bond acceptors (Lipinski definition) is 4. The highest BCUT2D eigenvalue weighted by Crippen LogP contribution is 2.32. The molecule has 13 heteroatoms. The van der Waals surface area contributed by atoms with Crippen LogP contribution in [0.4, 0.5) is 18.9 Å². The van der Waals surface area contributed by atoms with Gasteiger partial charge in [-0.15, -0.1) is 0 Å². The molecule has 1 fully saturated rings. The van der Waals surface area contributed by atoms with Gasteiger partial charge < -0.3 is 10.2 Å². The summed E-state index contributed by atoms with van der Waals surface area (Å²) in [6.45, 7) is 1.31. The Hall–Kier alpha value is -2.50. The van der Waals surface area contributed by atoms with Crippen LogP contribution in [0.3, 0.4) is 0 Å². The molecule has 1 N–H and O–H groups in total. The summed E-state index contributed by atoms with van der Waals surface area (Å²) in [5.74, 6) is -0.778. The number of nitrogens with zero attached hydrogens (tertiary/aromatic N) is 2. The molecule has 226 valence electrons. The molecule has 2 aromatic carbocycles. The second-order valence-electron chi connectivity index (χ2n) is 10.2. The number of anilines is 1. The van der Waals surface area contributed by atoms with E-state index in [1.807, 2.05) is 0 Å². The van der Waals surface area contributed by atoms with E-state index in [4.69, 9.17) is 23.2 Å². The molecule has 0 aromatic heterocycles. The number of benzene rings is 2. The van der Waals surface area contributed by atoms with Gasteiger partial charge in [-0.3, -0.25) is 13.9 Å². The molecule has 0 saturated heterocycles. The van der Waals surface area contributed by atoms with Crippen LogP contribution < -0.4 is 9.62 Å². The first-order chi connectivity index (χ1) is 19.2. The van der Waals surface area contributed by atoms with Crippen LogP contribution in [-0.4, -0.2) is 50.0 Å². The van der Waals surface area contributed by atoms with Crippen LogP contribution in [0.5, 0.6) is 0 Å². The van der Waals surface area contributed by atoms with Crippen molar-refractivity contribution in [3.05, 3.63) is 63.6 Å². The Morgan fingerprint density at radius 1 is 1.05 bits per heavy atom. The van der Waals surface area contributed by atoms with Crippen LogP contribution in [0.2, 0.25) is 10.0 Å². The molecule has 41 heavy (non-hydrogen) atoms. The molecule has 1 atom stereocenters. The van der Waals surface area contributed by atoms with Gasteiger partial charge in [-0.25, -0.2) is 8.42 Å². The lowest BCUT2D eigenvalue weighted by atomic mass is 9.95. The van der Waals surface area contributed by atoms with E-state index >= 15 is 0 Å². The summed E-state index contributed by atoms with van der Waals surface area (Å²) in [5.41, 5.74) is -0.682. The van der Waals surface area contributed by atoms with E-state index in [1.54, 1.807) is 25.1 Å². The molecule has 0 spiro atoms. The molecule has 0 bridgehead atoms. The number of carbonyl (C=O) groups is 2. The zero-order valence-electron chi connectivity index (χ0n) is 22.9. The molecule has 0 radical (unpaired) electrons. The van der Waals surface area contributed by atoms with Crippen molar-refractivity contribution in [2.45, 2.75) is 76.7 Å². The van der Waals surface area contributed by atoms with Gasteiger partial charge in [0.25, 0.3) is 0 Å². The number of alkyl halides is 3. The van der Waals surface area contributed by atoms with Gasteiger partial charge in [0.15, 0.2) is 0 Å². The quantitative estimate of drug-likeness (QED) is 0.308. The van der Waals surface area contributed by atoms with Gasteiger partial charge in [0.1, 0.15) is 6.04 Å². The van der Waals surface area contributed by atoms with Gasteiger partial charge in [-0.1, -0.05) is 54.6 Å². The normalized spacial score (nSPS) is 15.3. The maximum atomic E-state index is 13.5. The third kappa shape index (κ3) is 9.24. The lowest BCUT2D eigenvalue weighted by Crippen LogP contribution is -2.50. The Labute approximate surface area is 249 Å². The number of amides is 2. The van der Waals surface area contributed by atoms with Crippen molar-refractivity contribution in [3.8, 4) is 0 Å². The van der Waals surface area contributed by atoms with Crippen LogP contribution in [0.25, 0.3) is 0 Å². The molecule has 2 amide bonds. The van der Waals surface area contributed by atoms with Gasteiger partial charge in [-0.05, 0) is 56.5 Å². The van der Waals surface area contributed by atoms with E-state index in [2.05, 4.69) is 5.32 Å². The fraction of sp³-hybridized carbons (Fsp3) is 0.500. The molecular weight excluding hydrogens is 602 g/mol. The lowest BCUT2D eigenvalue weighted by Gasteiger charge is -2.32. The highest BCUT2D eigenvalue weighted by Gasteiger charge is 2.32. The molecular formula is C28H34Cl2F3N3O4S. The summed E-state index contributed by atoms with van der Waals surface area (Å²) in [6.07, 6.45) is 0.921. The molecule has 3 rings (SSSR count). The second kappa shape index (κ2) is 14.1. The van der Waals surface area contributed by atoms with Gasteiger partial charge in [0.2, 0.25) is 21.8 Å². The first-order valence-corrected chi connectivity index (χ1v) is 16.0. The molecule has 7 nitrogen and oxygen atoms in total. The first-order valence-electron chi connectivity index (χ1n) is 13.4. The third-order valence-corrected chi connectivity index (χ3v) is 9.02. The zero-order valence-corrected chi connectivity index (χ0v) is 25.2. The van der Waals surface area contributed by atoms with Crippen molar-refractivity contribution in [2.24, 2.45) is 0 Å². The minimum atomic E-state index is -4.65. The standard InChI is InChI=1S/C28H34Cl2F3N3O4S/c1-19(27(38)34-21-10-4-3-5-11-21)35(18-23-24(29)13-7-14-25(23)30)26(37)15-8-16-36(41(2,39)40)22-12-6-9-20(17-22)28(31,32)33/h6-7,9,12-14,17,19,21H,3-5,8,10-11,15-16,18H2,1-2H3,(H,34,38)/t19-/m0/s1. The van der Waals surface area contributed by atoms with E-state index in [-0.39, 0.29) is 43.6 Å². The van der Waals surface area contributed by atoms with Gasteiger partial charge in [0.05, 0.1) is 17.5 Å². The van der Waals surface area contributed by atoms with Crippen LogP contribution in [0, 0.1) is 0 Å². The Bertz CT molecular complexity index is 1310. The summed E-state index contributed by atoms with van der Waals surface area (Å²) >= 11 is 12.7. The minimum absolute atomic E-state index is 0.00807. The summed E-state index contributed by atoms with van der Waals surface area (Å²) in [4.78, 5) is 28.0. The Balaban J connectivity index is 1.78. The molecule has 0 unspecified atom stereocenters. The number of rotatable bonds is 11. The van der Waals surface area contributed by atoms with Crippen LogP contribution in [-0.2, 0) is 32.3 Å². The maximum absolute atomic E-state index is 13.5. The second-order valence-corrected chi connectivity index (χ2v) is 12.9. The van der Waals surface area contributed by atoms with E-state index < -0.39 is 33.7 Å². The van der Waals surface area contributed by atoms with Crippen molar-refractivity contribution in [2.75, 3.05) is 17.1 Å². The summed E-state index contributed by atoms with van der Waals surface area (Å²) in [7, 11) is -3.96. The molecule has 1 aliphatic rings. The number of hydrogen-bond donors (Lipinski definition) is 1. The maximum Gasteiger partial charge on any atom is 0.416 e. The predicted molar refractivity (Wildman–Crippen MR) is 154 cm³/mol. The van der Waals surface area contributed by atoms with Gasteiger partial charge >= 0.3 is 6.18 Å². The average molecular weight is 637 g/mol. The number of sulfonamides is 1. The van der Waals surface area contributed by atoms with E-state index in [0.717, 1.165) is 60.9 Å².